The molecular formula is C12H17NO2. The summed E-state index contributed by atoms with van der Waals surface area (Å²) in [5.41, 5.74) is 0.650. The lowest BCUT2D eigenvalue weighted by atomic mass is 9.94. The average Bonchev–Trinajstić information content (AvgIpc) is 2.16. The topological polar surface area (TPSA) is 38.3 Å². The van der Waals surface area contributed by atoms with Crippen LogP contribution in [0.2, 0.25) is 0 Å². The van der Waals surface area contributed by atoms with E-state index in [-0.39, 0.29) is 11.4 Å². The van der Waals surface area contributed by atoms with E-state index in [4.69, 9.17) is 4.74 Å². The van der Waals surface area contributed by atoms with Crippen molar-refractivity contribution in [2.75, 3.05) is 7.11 Å². The maximum Gasteiger partial charge on any atom is 0.217 e. The summed E-state index contributed by atoms with van der Waals surface area (Å²) in [6.45, 7) is 5.44. The van der Waals surface area contributed by atoms with Gasteiger partial charge in [-0.05, 0) is 31.5 Å². The van der Waals surface area contributed by atoms with E-state index in [1.165, 1.54) is 6.92 Å². The second kappa shape index (κ2) is 4.34. The molecule has 3 heteroatoms. The number of ether oxygens (including phenoxy) is 1. The molecule has 1 rings (SSSR count). The number of hydrogen-bond donors (Lipinski definition) is 1. The second-order valence-electron chi connectivity index (χ2n) is 4.04. The monoisotopic (exact) mass is 207 g/mol. The average molecular weight is 207 g/mol. The molecule has 0 bridgehead atoms. The lowest BCUT2D eigenvalue weighted by Gasteiger charge is -2.26. The van der Waals surface area contributed by atoms with Crippen molar-refractivity contribution >= 4 is 5.91 Å². The molecule has 1 N–H and O–H groups in total. The van der Waals surface area contributed by atoms with Gasteiger partial charge < -0.3 is 10.1 Å². The first-order valence-electron chi connectivity index (χ1n) is 4.89. The highest BCUT2D eigenvalue weighted by molar-refractivity contribution is 5.74. The minimum atomic E-state index is -0.375. The minimum Gasteiger partial charge on any atom is -0.497 e. The predicted molar refractivity (Wildman–Crippen MR) is 59.8 cm³/mol. The number of nitrogens with one attached hydrogen (secondary N) is 1. The normalized spacial score (nSPS) is 10.9. The van der Waals surface area contributed by atoms with Crippen LogP contribution >= 0.6 is 0 Å². The molecule has 0 heterocycles. The zero-order valence-corrected chi connectivity index (χ0v) is 9.63. The summed E-state index contributed by atoms with van der Waals surface area (Å²) in [4.78, 5) is 11.0. The first kappa shape index (κ1) is 11.6. The maximum absolute atomic E-state index is 11.0. The number of carbonyl (C=O) groups is 1. The molecule has 0 aliphatic carbocycles. The standard InChI is InChI=1S/C12H17NO2/c1-9(14)13-12(2,3)10-6-5-7-11(8-10)15-4/h5-8H,1-4H3,(H,13,14). The third-order valence-electron chi connectivity index (χ3n) is 2.28. The molecule has 0 saturated carbocycles. The van der Waals surface area contributed by atoms with E-state index in [1.54, 1.807) is 7.11 Å². The van der Waals surface area contributed by atoms with Gasteiger partial charge in [-0.15, -0.1) is 0 Å². The van der Waals surface area contributed by atoms with E-state index >= 15 is 0 Å². The molecule has 82 valence electrons. The molecule has 0 aromatic heterocycles. The molecule has 3 nitrogen and oxygen atoms in total. The molecule has 1 amide bonds. The van der Waals surface area contributed by atoms with E-state index in [0.717, 1.165) is 11.3 Å². The molecule has 0 aliphatic heterocycles. The fraction of sp³-hybridized carbons (Fsp3) is 0.417. The molecule has 0 atom stereocenters. The van der Waals surface area contributed by atoms with Crippen LogP contribution in [0.1, 0.15) is 26.3 Å². The third kappa shape index (κ3) is 2.98. The van der Waals surface area contributed by atoms with Gasteiger partial charge in [-0.25, -0.2) is 0 Å². The molecule has 0 unspecified atom stereocenters. The summed E-state index contributed by atoms with van der Waals surface area (Å²) in [6, 6.07) is 7.69. The first-order chi connectivity index (χ1) is 6.95. The van der Waals surface area contributed by atoms with Crippen molar-refractivity contribution in [3.05, 3.63) is 29.8 Å². The quantitative estimate of drug-likeness (QED) is 0.824. The summed E-state index contributed by atoms with van der Waals surface area (Å²) in [5, 5.41) is 2.89. The van der Waals surface area contributed by atoms with E-state index in [0.29, 0.717) is 0 Å². The van der Waals surface area contributed by atoms with Gasteiger partial charge in [0.2, 0.25) is 5.91 Å². The van der Waals surface area contributed by atoms with Gasteiger partial charge in [-0.1, -0.05) is 12.1 Å². The Labute approximate surface area is 90.4 Å². The van der Waals surface area contributed by atoms with E-state index in [9.17, 15) is 4.79 Å². The zero-order chi connectivity index (χ0) is 11.5. The Bertz CT molecular complexity index is 358. The van der Waals surface area contributed by atoms with E-state index in [2.05, 4.69) is 5.32 Å². The lowest BCUT2D eigenvalue weighted by Crippen LogP contribution is -2.39. The first-order valence-corrected chi connectivity index (χ1v) is 4.89. The molecule has 1 aromatic carbocycles. The largest absolute Gasteiger partial charge is 0.497 e. The van der Waals surface area contributed by atoms with Gasteiger partial charge in [0.25, 0.3) is 0 Å². The van der Waals surface area contributed by atoms with Crippen molar-refractivity contribution < 1.29 is 9.53 Å². The summed E-state index contributed by atoms with van der Waals surface area (Å²) >= 11 is 0. The van der Waals surface area contributed by atoms with Crippen LogP contribution in [0.15, 0.2) is 24.3 Å². The van der Waals surface area contributed by atoms with Crippen LogP contribution in [0, 0.1) is 0 Å². The van der Waals surface area contributed by atoms with Crippen molar-refractivity contribution in [1.82, 2.24) is 5.32 Å². The van der Waals surface area contributed by atoms with Crippen LogP contribution in [-0.2, 0) is 10.3 Å². The van der Waals surface area contributed by atoms with Crippen molar-refractivity contribution in [2.45, 2.75) is 26.3 Å². The minimum absolute atomic E-state index is 0.0391. The van der Waals surface area contributed by atoms with Crippen LogP contribution in [-0.4, -0.2) is 13.0 Å². The van der Waals surface area contributed by atoms with Gasteiger partial charge in [-0.3, -0.25) is 4.79 Å². The number of hydrogen-bond acceptors (Lipinski definition) is 2. The Morgan fingerprint density at radius 2 is 2.07 bits per heavy atom. The number of methoxy groups -OCH3 is 1. The van der Waals surface area contributed by atoms with Crippen molar-refractivity contribution in [1.29, 1.82) is 0 Å². The fourth-order valence-corrected chi connectivity index (χ4v) is 1.52. The van der Waals surface area contributed by atoms with Crippen LogP contribution in [0.3, 0.4) is 0 Å². The SMILES string of the molecule is COc1cccc(C(C)(C)NC(C)=O)c1. The summed E-state index contributed by atoms with van der Waals surface area (Å²) < 4.78 is 5.14. The Hall–Kier alpha value is -1.51. The molecule has 0 aliphatic rings. The number of carbonyl (C=O) groups excluding carboxylic acids is 1. The van der Waals surface area contributed by atoms with Crippen molar-refractivity contribution in [3.8, 4) is 5.75 Å². The number of benzene rings is 1. The van der Waals surface area contributed by atoms with Gasteiger partial charge in [0, 0.05) is 6.92 Å². The predicted octanol–water partition coefficient (Wildman–Crippen LogP) is 2.07. The molecule has 1 aromatic rings. The molecular weight excluding hydrogens is 190 g/mol. The number of amides is 1. The van der Waals surface area contributed by atoms with Crippen LogP contribution in [0.4, 0.5) is 0 Å². The highest BCUT2D eigenvalue weighted by Crippen LogP contribution is 2.23. The molecule has 0 spiro atoms. The van der Waals surface area contributed by atoms with Gasteiger partial charge >= 0.3 is 0 Å². The van der Waals surface area contributed by atoms with Gasteiger partial charge in [-0.2, -0.15) is 0 Å². The molecule has 0 fully saturated rings. The highest BCUT2D eigenvalue weighted by Gasteiger charge is 2.21. The summed E-state index contributed by atoms with van der Waals surface area (Å²) in [6.07, 6.45) is 0. The zero-order valence-electron chi connectivity index (χ0n) is 9.63. The maximum atomic E-state index is 11.0. The molecule has 0 saturated heterocycles. The third-order valence-corrected chi connectivity index (χ3v) is 2.28. The smallest absolute Gasteiger partial charge is 0.217 e. The Morgan fingerprint density at radius 1 is 1.40 bits per heavy atom. The Balaban J connectivity index is 2.98. The summed E-state index contributed by atoms with van der Waals surface area (Å²) in [7, 11) is 1.63. The van der Waals surface area contributed by atoms with Crippen molar-refractivity contribution in [3.63, 3.8) is 0 Å². The van der Waals surface area contributed by atoms with Crippen LogP contribution in [0.25, 0.3) is 0 Å². The molecule has 0 radical (unpaired) electrons. The van der Waals surface area contributed by atoms with Gasteiger partial charge in [0.05, 0.1) is 12.6 Å². The Morgan fingerprint density at radius 3 is 2.60 bits per heavy atom. The second-order valence-corrected chi connectivity index (χ2v) is 4.04. The van der Waals surface area contributed by atoms with E-state index in [1.807, 2.05) is 38.1 Å². The molecule has 15 heavy (non-hydrogen) atoms. The Kier molecular flexibility index (Phi) is 3.35. The van der Waals surface area contributed by atoms with Crippen LogP contribution < -0.4 is 10.1 Å². The highest BCUT2D eigenvalue weighted by atomic mass is 16.5. The van der Waals surface area contributed by atoms with Crippen LogP contribution in [0.5, 0.6) is 5.75 Å². The van der Waals surface area contributed by atoms with E-state index < -0.39 is 0 Å². The van der Waals surface area contributed by atoms with Gasteiger partial charge in [0.1, 0.15) is 5.75 Å². The van der Waals surface area contributed by atoms with Gasteiger partial charge in [0.15, 0.2) is 0 Å². The lowest BCUT2D eigenvalue weighted by molar-refractivity contribution is -0.120. The van der Waals surface area contributed by atoms with Crippen molar-refractivity contribution in [2.24, 2.45) is 0 Å². The fourth-order valence-electron chi connectivity index (χ4n) is 1.52. The number of rotatable bonds is 3. The summed E-state index contributed by atoms with van der Waals surface area (Å²) in [5.74, 6) is 0.758.